The smallest absolute Gasteiger partial charge is 0.164 e. The molecule has 0 spiro atoms. The Kier molecular flexibility index (Phi) is 21.3. The largest absolute Gasteiger partial charge is 0.261 e. The van der Waals surface area contributed by atoms with E-state index < -0.39 is 0 Å². The molecule has 112 heavy (non-hydrogen) atoms. The van der Waals surface area contributed by atoms with Crippen molar-refractivity contribution in [2.24, 2.45) is 0 Å². The molecule has 0 N–H and O–H groups in total. The van der Waals surface area contributed by atoms with Crippen molar-refractivity contribution in [1.29, 1.82) is 0 Å². The van der Waals surface area contributed by atoms with E-state index in [9.17, 15) is 0 Å². The van der Waals surface area contributed by atoms with Crippen LogP contribution < -0.4 is 0 Å². The number of hydrogen-bond acceptors (Lipinski definition) is 13. The summed E-state index contributed by atoms with van der Waals surface area (Å²) < 4.78 is 0. The van der Waals surface area contributed by atoms with E-state index in [0.717, 1.165) is 140 Å². The zero-order valence-corrected chi connectivity index (χ0v) is 62.0. The highest BCUT2D eigenvalue weighted by atomic mass is 15.1. The Bertz CT molecular complexity index is 6050. The average Bonchev–Trinajstić information content (AvgIpc) is 0.809. The van der Waals surface area contributed by atoms with Gasteiger partial charge in [-0.15, -0.1) is 0 Å². The summed E-state index contributed by atoms with van der Waals surface area (Å²) in [6.07, 6.45) is 1.83. The second kappa shape index (κ2) is 33.5. The van der Waals surface area contributed by atoms with Gasteiger partial charge in [0, 0.05) is 95.7 Å². The fraction of sp³-hybridized carbons (Fsp3) is 0.0404. The summed E-state index contributed by atoms with van der Waals surface area (Å²) in [5, 5.41) is 0. The fourth-order valence-corrected chi connectivity index (χ4v) is 13.1. The molecule has 13 nitrogen and oxygen atoms in total. The topological polar surface area (TPSA) is 168 Å². The third-order valence-electron chi connectivity index (χ3n) is 18.9. The number of pyridine rings is 2. The number of nitrogens with zero attached hydrogens (tertiary/aromatic N) is 13. The van der Waals surface area contributed by atoms with Crippen molar-refractivity contribution in [2.75, 3.05) is 0 Å². The summed E-state index contributed by atoms with van der Waals surface area (Å²) in [6, 6.07) is 123. The van der Waals surface area contributed by atoms with E-state index in [1.165, 1.54) is 0 Å². The Morgan fingerprint density at radius 1 is 0.152 bits per heavy atom. The maximum Gasteiger partial charge on any atom is 0.164 e. The van der Waals surface area contributed by atoms with Crippen molar-refractivity contribution in [3.05, 3.63) is 393 Å². The summed E-state index contributed by atoms with van der Waals surface area (Å²) in [5.74, 6) is 6.63. The Hall–Kier alpha value is -15.0. The standard InChI is InChI=1S/C33H25N5.2C33H24N4/c1-22-20-23(2)35-30(34-22)27-18-16-24(17-19-27)28-14-9-15-29(21-28)33-37-31(25-10-5-3-6-11-25)36-32(38-33)26-12-7-4-8-13-26;1-23-30(16-9-21-34-23)29-15-8-14-28(22-29)24-17-19-27(20-18-24)33-36-31(25-10-4-2-5-11-25)35-32(37-33)26-12-6-3-7-13-26;1-23-9-8-14-30(34-23)26-19-15-24(16-20-26)25-17-21-29(22-18-25)33-36-31(27-10-4-2-5-11-27)35-32(37-33)28-12-6-3-7-13-28/h3-21H,1-2H3;2*2-22H,1H3. The third-order valence-corrected chi connectivity index (χ3v) is 18.9. The molecule has 0 amide bonds. The molecule has 13 heteroatoms. The summed E-state index contributed by atoms with van der Waals surface area (Å²) in [4.78, 5) is 61.7. The predicted octanol–water partition coefficient (Wildman–Crippen LogP) is 23.4. The van der Waals surface area contributed by atoms with Crippen LogP contribution in [-0.4, -0.2) is 64.8 Å². The zero-order valence-electron chi connectivity index (χ0n) is 62.0. The predicted molar refractivity (Wildman–Crippen MR) is 451 cm³/mol. The molecule has 534 valence electrons. The number of benzene rings is 12. The minimum Gasteiger partial charge on any atom is -0.261 e. The highest BCUT2D eigenvalue weighted by Gasteiger charge is 2.18. The molecule has 6 aromatic heterocycles. The molecule has 12 aromatic carbocycles. The normalized spacial score (nSPS) is 10.9. The van der Waals surface area contributed by atoms with E-state index in [0.29, 0.717) is 52.4 Å². The van der Waals surface area contributed by atoms with Gasteiger partial charge in [0.05, 0.1) is 5.69 Å². The van der Waals surface area contributed by atoms with Crippen LogP contribution in [0.2, 0.25) is 0 Å². The number of rotatable bonds is 15. The molecule has 0 aliphatic rings. The van der Waals surface area contributed by atoms with Crippen LogP contribution in [0.1, 0.15) is 22.8 Å². The summed E-state index contributed by atoms with van der Waals surface area (Å²) in [7, 11) is 0. The first kappa shape index (κ1) is 71.3. The monoisotopic (exact) mass is 1440 g/mol. The van der Waals surface area contributed by atoms with Gasteiger partial charge in [0.2, 0.25) is 0 Å². The second-order valence-electron chi connectivity index (χ2n) is 26.9. The Labute approximate surface area is 651 Å². The molecule has 0 fully saturated rings. The molecule has 0 aliphatic carbocycles. The Balaban J connectivity index is 0.000000127. The molecule has 18 rings (SSSR count). The first-order chi connectivity index (χ1) is 55.1. The molecule has 6 heterocycles. The first-order valence-corrected chi connectivity index (χ1v) is 37.0. The molecule has 0 saturated carbocycles. The van der Waals surface area contributed by atoms with Crippen LogP contribution >= 0.6 is 0 Å². The third kappa shape index (κ3) is 17.1. The molecule has 0 bridgehead atoms. The molecular weight excluding hydrogens is 1370 g/mol. The lowest BCUT2D eigenvalue weighted by Crippen LogP contribution is -2.00. The van der Waals surface area contributed by atoms with Crippen molar-refractivity contribution < 1.29 is 0 Å². The van der Waals surface area contributed by atoms with Crippen LogP contribution in [0.15, 0.2) is 370 Å². The number of hydrogen-bond donors (Lipinski definition) is 0. The fourth-order valence-electron chi connectivity index (χ4n) is 13.1. The zero-order chi connectivity index (χ0) is 76.0. The molecular formula is C99H73N13. The van der Waals surface area contributed by atoms with Crippen molar-refractivity contribution >= 4 is 0 Å². The average molecular weight is 1440 g/mol. The highest BCUT2D eigenvalue weighted by Crippen LogP contribution is 2.35. The van der Waals surface area contributed by atoms with Gasteiger partial charge in [0.25, 0.3) is 0 Å². The molecule has 18 aromatic rings. The van der Waals surface area contributed by atoms with E-state index in [1.54, 1.807) is 0 Å². The van der Waals surface area contributed by atoms with E-state index in [1.807, 2.05) is 258 Å². The van der Waals surface area contributed by atoms with Gasteiger partial charge in [-0.2, -0.15) is 0 Å². The lowest BCUT2D eigenvalue weighted by molar-refractivity contribution is 1.06. The van der Waals surface area contributed by atoms with Crippen LogP contribution in [0.4, 0.5) is 0 Å². The van der Waals surface area contributed by atoms with E-state index in [-0.39, 0.29) is 0 Å². The summed E-state index contributed by atoms with van der Waals surface area (Å²) in [6.45, 7) is 8.04. The van der Waals surface area contributed by atoms with Crippen molar-refractivity contribution in [3.63, 3.8) is 0 Å². The Morgan fingerprint density at radius 3 is 0.732 bits per heavy atom. The quantitative estimate of drug-likeness (QED) is 0.0952. The van der Waals surface area contributed by atoms with E-state index in [4.69, 9.17) is 44.9 Å². The molecule has 0 unspecified atom stereocenters. The lowest BCUT2D eigenvalue weighted by Gasteiger charge is -2.10. The summed E-state index contributed by atoms with van der Waals surface area (Å²) >= 11 is 0. The SMILES string of the molecule is Cc1cc(C)nc(-c2ccc(-c3cccc(-c4nc(-c5ccccc5)nc(-c5ccccc5)n4)c3)cc2)n1.Cc1cccc(-c2ccc(-c3ccc(-c4nc(-c5ccccc5)nc(-c5ccccc5)n4)cc3)cc2)n1.Cc1ncccc1-c1cccc(-c2ccc(-c3nc(-c4ccccc4)nc(-c4ccccc4)n3)cc2)c1. The van der Waals surface area contributed by atoms with Crippen LogP contribution in [-0.2, 0) is 0 Å². The van der Waals surface area contributed by atoms with Gasteiger partial charge in [0.1, 0.15) is 0 Å². The molecule has 0 atom stereocenters. The van der Waals surface area contributed by atoms with Crippen molar-refractivity contribution in [1.82, 2.24) is 64.8 Å². The van der Waals surface area contributed by atoms with Gasteiger partial charge in [0.15, 0.2) is 58.2 Å². The maximum absolute atomic E-state index is 4.87. The minimum atomic E-state index is 0.639. The van der Waals surface area contributed by atoms with Gasteiger partial charge in [-0.1, -0.05) is 328 Å². The summed E-state index contributed by atoms with van der Waals surface area (Å²) in [5.41, 5.74) is 24.7. The van der Waals surface area contributed by atoms with Gasteiger partial charge < -0.3 is 0 Å². The molecule has 0 saturated heterocycles. The van der Waals surface area contributed by atoms with Crippen LogP contribution in [0.5, 0.6) is 0 Å². The number of aromatic nitrogens is 13. The van der Waals surface area contributed by atoms with Gasteiger partial charge in [-0.05, 0) is 103 Å². The second-order valence-corrected chi connectivity index (χ2v) is 26.9. The van der Waals surface area contributed by atoms with E-state index in [2.05, 4.69) is 159 Å². The first-order valence-electron chi connectivity index (χ1n) is 37.0. The molecule has 0 aliphatic heterocycles. The van der Waals surface area contributed by atoms with Crippen LogP contribution in [0, 0.1) is 27.7 Å². The lowest BCUT2D eigenvalue weighted by atomic mass is 9.98. The van der Waals surface area contributed by atoms with Gasteiger partial charge in [-0.25, -0.2) is 54.8 Å². The van der Waals surface area contributed by atoms with Crippen molar-refractivity contribution in [3.8, 4) is 170 Å². The highest BCUT2D eigenvalue weighted by molar-refractivity contribution is 5.79. The van der Waals surface area contributed by atoms with Crippen molar-refractivity contribution in [2.45, 2.75) is 27.7 Å². The van der Waals surface area contributed by atoms with Crippen LogP contribution in [0.25, 0.3) is 170 Å². The number of aryl methyl sites for hydroxylation is 4. The van der Waals surface area contributed by atoms with E-state index >= 15 is 0 Å². The van der Waals surface area contributed by atoms with Gasteiger partial charge in [-0.3, -0.25) is 9.97 Å². The Morgan fingerprint density at radius 2 is 0.402 bits per heavy atom. The van der Waals surface area contributed by atoms with Gasteiger partial charge >= 0.3 is 0 Å². The minimum absolute atomic E-state index is 0.639. The molecule has 0 radical (unpaired) electrons. The maximum atomic E-state index is 4.87. The van der Waals surface area contributed by atoms with Crippen LogP contribution in [0.3, 0.4) is 0 Å².